The second-order valence-corrected chi connectivity index (χ2v) is 3.94. The van der Waals surface area contributed by atoms with E-state index in [0.29, 0.717) is 0 Å². The van der Waals surface area contributed by atoms with Gasteiger partial charge in [-0.1, -0.05) is 35.5 Å². The highest BCUT2D eigenvalue weighted by Crippen LogP contribution is 2.22. The van der Waals surface area contributed by atoms with E-state index in [-0.39, 0.29) is 12.2 Å². The van der Waals surface area contributed by atoms with Crippen LogP contribution in [0.4, 0.5) is 8.78 Å². The predicted molar refractivity (Wildman–Crippen MR) is 61.9 cm³/mol. The number of aromatic nitrogens is 3. The fourth-order valence-corrected chi connectivity index (χ4v) is 1.74. The molecule has 0 atom stereocenters. The van der Waals surface area contributed by atoms with E-state index in [0.717, 1.165) is 10.2 Å². The van der Waals surface area contributed by atoms with Crippen LogP contribution in [-0.4, -0.2) is 26.1 Å². The number of hydrogen-bond acceptors (Lipinski definition) is 3. The van der Waals surface area contributed by atoms with Gasteiger partial charge in [0.15, 0.2) is 0 Å². The molecule has 0 bridgehead atoms. The van der Waals surface area contributed by atoms with Crippen molar-refractivity contribution < 1.29 is 18.7 Å². The van der Waals surface area contributed by atoms with Gasteiger partial charge < -0.3 is 5.11 Å². The predicted octanol–water partition coefficient (Wildman–Crippen LogP) is 1.89. The van der Waals surface area contributed by atoms with Crippen molar-refractivity contribution in [2.75, 3.05) is 0 Å². The molecule has 0 radical (unpaired) electrons. The average molecular weight is 267 g/mol. The quantitative estimate of drug-likeness (QED) is 0.898. The molecule has 1 N–H and O–H groups in total. The van der Waals surface area contributed by atoms with Gasteiger partial charge in [-0.3, -0.25) is 4.79 Å². The first-order chi connectivity index (χ1) is 9.08. The molecule has 7 heteroatoms. The molecule has 2 rings (SSSR count). The molecule has 19 heavy (non-hydrogen) atoms. The van der Waals surface area contributed by atoms with Crippen LogP contribution in [0.1, 0.15) is 23.4 Å². The highest BCUT2D eigenvalue weighted by molar-refractivity contribution is 5.69. The molecule has 0 aliphatic rings. The fourth-order valence-electron chi connectivity index (χ4n) is 1.74. The van der Waals surface area contributed by atoms with Crippen LogP contribution in [0.5, 0.6) is 0 Å². The summed E-state index contributed by atoms with van der Waals surface area (Å²) < 4.78 is 27.0. The lowest BCUT2D eigenvalue weighted by atomic mass is 10.2. The molecule has 1 heterocycles. The van der Waals surface area contributed by atoms with Crippen molar-refractivity contribution in [3.8, 4) is 0 Å². The summed E-state index contributed by atoms with van der Waals surface area (Å²) in [6.07, 6.45) is -3.37. The smallest absolute Gasteiger partial charge is 0.309 e. The Morgan fingerprint density at radius 1 is 1.32 bits per heavy atom. The summed E-state index contributed by atoms with van der Waals surface area (Å²) >= 11 is 0. The van der Waals surface area contributed by atoms with Gasteiger partial charge in [-0.2, -0.15) is 0 Å². The second kappa shape index (κ2) is 5.55. The highest BCUT2D eigenvalue weighted by atomic mass is 19.3. The normalized spacial score (nSPS) is 10.9. The summed E-state index contributed by atoms with van der Waals surface area (Å²) in [6, 6.07) is 8.93. The number of nitrogens with zero attached hydrogens (tertiary/aromatic N) is 3. The molecule has 100 valence electrons. The number of carboxylic acids is 1. The van der Waals surface area contributed by atoms with E-state index in [1.807, 2.05) is 6.07 Å². The van der Waals surface area contributed by atoms with E-state index in [9.17, 15) is 13.6 Å². The van der Waals surface area contributed by atoms with Gasteiger partial charge >= 0.3 is 5.97 Å². The summed E-state index contributed by atoms with van der Waals surface area (Å²) in [7, 11) is 0. The van der Waals surface area contributed by atoms with Crippen molar-refractivity contribution in [2.45, 2.75) is 19.4 Å². The number of halogens is 2. The third-order valence-electron chi connectivity index (χ3n) is 2.55. The van der Waals surface area contributed by atoms with Crippen LogP contribution in [0.3, 0.4) is 0 Å². The van der Waals surface area contributed by atoms with E-state index in [1.165, 1.54) is 0 Å². The Morgan fingerprint density at radius 2 is 2.00 bits per heavy atom. The number of alkyl halides is 2. The van der Waals surface area contributed by atoms with Gasteiger partial charge in [0.1, 0.15) is 11.4 Å². The SMILES string of the molecule is O=C(O)Cc1nnn(Cc2ccccc2)c1C(F)F. The number of rotatable bonds is 5. The number of carboxylic acid groups (broad SMARTS) is 1. The molecule has 0 aliphatic carbocycles. The van der Waals surface area contributed by atoms with Crippen molar-refractivity contribution in [2.24, 2.45) is 0 Å². The Morgan fingerprint density at radius 3 is 2.58 bits per heavy atom. The maximum absolute atomic E-state index is 13.0. The lowest BCUT2D eigenvalue weighted by Gasteiger charge is -2.06. The second-order valence-electron chi connectivity index (χ2n) is 3.94. The van der Waals surface area contributed by atoms with Crippen LogP contribution in [0, 0.1) is 0 Å². The number of hydrogen-bond donors (Lipinski definition) is 1. The molecular weight excluding hydrogens is 256 g/mol. The van der Waals surface area contributed by atoms with E-state index in [2.05, 4.69) is 10.3 Å². The maximum atomic E-state index is 13.0. The monoisotopic (exact) mass is 267 g/mol. The van der Waals surface area contributed by atoms with E-state index in [4.69, 9.17) is 5.11 Å². The molecule has 2 aromatic rings. The standard InChI is InChI=1S/C12H11F2N3O2/c13-12(14)11-9(6-10(18)19)15-16-17(11)7-8-4-2-1-3-5-8/h1-5,12H,6-7H2,(H,18,19). The molecule has 0 fully saturated rings. The summed E-state index contributed by atoms with van der Waals surface area (Å²) in [6.45, 7) is 0.132. The van der Waals surface area contributed by atoms with Gasteiger partial charge in [-0.05, 0) is 5.56 Å². The van der Waals surface area contributed by atoms with Crippen LogP contribution in [-0.2, 0) is 17.8 Å². The highest BCUT2D eigenvalue weighted by Gasteiger charge is 2.23. The lowest BCUT2D eigenvalue weighted by Crippen LogP contribution is -2.09. The summed E-state index contributed by atoms with van der Waals surface area (Å²) in [4.78, 5) is 10.6. The van der Waals surface area contributed by atoms with Crippen LogP contribution >= 0.6 is 0 Å². The van der Waals surface area contributed by atoms with Gasteiger partial charge in [0.05, 0.1) is 13.0 Å². The first kappa shape index (κ1) is 13.1. The molecule has 0 aliphatic heterocycles. The van der Waals surface area contributed by atoms with Crippen LogP contribution in [0.2, 0.25) is 0 Å². The van der Waals surface area contributed by atoms with Crippen molar-refractivity contribution in [1.29, 1.82) is 0 Å². The number of benzene rings is 1. The van der Waals surface area contributed by atoms with Crippen LogP contribution in [0.25, 0.3) is 0 Å². The van der Waals surface area contributed by atoms with E-state index >= 15 is 0 Å². The van der Waals surface area contributed by atoms with Crippen molar-refractivity contribution >= 4 is 5.97 Å². The zero-order valence-corrected chi connectivity index (χ0v) is 9.83. The molecule has 0 spiro atoms. The summed E-state index contributed by atoms with van der Waals surface area (Å²) in [5.41, 5.74) is 0.154. The van der Waals surface area contributed by atoms with Gasteiger partial charge in [0, 0.05) is 0 Å². The van der Waals surface area contributed by atoms with Gasteiger partial charge in [-0.15, -0.1) is 5.10 Å². The topological polar surface area (TPSA) is 68.0 Å². The molecule has 0 saturated carbocycles. The number of carbonyl (C=O) groups is 1. The Balaban J connectivity index is 2.30. The van der Waals surface area contributed by atoms with Crippen LogP contribution in [0.15, 0.2) is 30.3 Å². The molecule has 0 amide bonds. The Hall–Kier alpha value is -2.31. The largest absolute Gasteiger partial charge is 0.481 e. The molecule has 0 unspecified atom stereocenters. The van der Waals surface area contributed by atoms with Crippen LogP contribution < -0.4 is 0 Å². The lowest BCUT2D eigenvalue weighted by molar-refractivity contribution is -0.136. The third kappa shape index (κ3) is 3.12. The molecule has 1 aromatic carbocycles. The van der Waals surface area contributed by atoms with Crippen molar-refractivity contribution in [3.63, 3.8) is 0 Å². The third-order valence-corrected chi connectivity index (χ3v) is 2.55. The Kier molecular flexibility index (Phi) is 3.84. The minimum absolute atomic E-state index is 0.132. The Labute approximate surface area is 107 Å². The zero-order valence-electron chi connectivity index (χ0n) is 9.83. The van der Waals surface area contributed by atoms with Crippen molar-refractivity contribution in [3.05, 3.63) is 47.3 Å². The minimum Gasteiger partial charge on any atom is -0.481 e. The summed E-state index contributed by atoms with van der Waals surface area (Å²) in [5.74, 6) is -1.21. The van der Waals surface area contributed by atoms with Crippen molar-refractivity contribution in [1.82, 2.24) is 15.0 Å². The summed E-state index contributed by atoms with van der Waals surface area (Å²) in [5, 5.41) is 15.8. The van der Waals surface area contributed by atoms with Gasteiger partial charge in [0.25, 0.3) is 6.43 Å². The van der Waals surface area contributed by atoms with Gasteiger partial charge in [0.2, 0.25) is 0 Å². The van der Waals surface area contributed by atoms with Gasteiger partial charge in [-0.25, -0.2) is 13.5 Å². The molecule has 5 nitrogen and oxygen atoms in total. The first-order valence-corrected chi connectivity index (χ1v) is 5.54. The zero-order chi connectivity index (χ0) is 13.8. The average Bonchev–Trinajstić information content (AvgIpc) is 2.72. The fraction of sp³-hybridized carbons (Fsp3) is 0.250. The van der Waals surface area contributed by atoms with E-state index < -0.39 is 24.5 Å². The molecular formula is C12H11F2N3O2. The maximum Gasteiger partial charge on any atom is 0.309 e. The Bertz CT molecular complexity index is 570. The van der Waals surface area contributed by atoms with E-state index in [1.54, 1.807) is 24.3 Å². The molecule has 1 aromatic heterocycles. The minimum atomic E-state index is -2.81. The first-order valence-electron chi connectivity index (χ1n) is 5.54. The molecule has 0 saturated heterocycles. The number of aliphatic carboxylic acids is 1.